The second-order valence-corrected chi connectivity index (χ2v) is 5.19. The van der Waals surface area contributed by atoms with Crippen molar-refractivity contribution in [3.8, 4) is 0 Å². The summed E-state index contributed by atoms with van der Waals surface area (Å²) in [4.78, 5) is 0. The summed E-state index contributed by atoms with van der Waals surface area (Å²) in [6, 6.07) is 2.76. The third-order valence-electron chi connectivity index (χ3n) is 4.03. The number of aryl methyl sites for hydroxylation is 2. The van der Waals surface area contributed by atoms with Crippen molar-refractivity contribution in [1.82, 2.24) is 15.1 Å². The predicted molar refractivity (Wildman–Crippen MR) is 77.7 cm³/mol. The molecule has 0 fully saturated rings. The van der Waals surface area contributed by atoms with Gasteiger partial charge in [0.05, 0.1) is 0 Å². The van der Waals surface area contributed by atoms with Crippen LogP contribution >= 0.6 is 0 Å². The Bertz CT molecular complexity index is 319. The van der Waals surface area contributed by atoms with Crippen LogP contribution in [0.2, 0.25) is 0 Å². The average molecular weight is 251 g/mol. The average Bonchev–Trinajstić information content (AvgIpc) is 2.79. The largest absolute Gasteiger partial charge is 0.317 e. The van der Waals surface area contributed by atoms with Crippen LogP contribution < -0.4 is 5.32 Å². The molecular formula is C15H29N3. The lowest BCUT2D eigenvalue weighted by Gasteiger charge is -2.26. The van der Waals surface area contributed by atoms with Gasteiger partial charge in [0.2, 0.25) is 0 Å². The van der Waals surface area contributed by atoms with E-state index in [1.165, 1.54) is 37.8 Å². The van der Waals surface area contributed by atoms with Crippen molar-refractivity contribution in [2.24, 2.45) is 13.0 Å². The number of hydrogen-bond acceptors (Lipinski definition) is 2. The van der Waals surface area contributed by atoms with Gasteiger partial charge in [0.15, 0.2) is 0 Å². The van der Waals surface area contributed by atoms with Crippen LogP contribution in [-0.2, 0) is 13.5 Å². The lowest BCUT2D eigenvalue weighted by atomic mass is 9.88. The lowest BCUT2D eigenvalue weighted by Crippen LogP contribution is -2.34. The van der Waals surface area contributed by atoms with Crippen molar-refractivity contribution >= 4 is 0 Å². The van der Waals surface area contributed by atoms with E-state index in [0.29, 0.717) is 6.04 Å². The van der Waals surface area contributed by atoms with E-state index in [0.717, 1.165) is 12.3 Å². The van der Waals surface area contributed by atoms with E-state index in [9.17, 15) is 0 Å². The minimum absolute atomic E-state index is 0.636. The number of hydrogen-bond donors (Lipinski definition) is 1. The van der Waals surface area contributed by atoms with Gasteiger partial charge in [-0.1, -0.05) is 33.1 Å². The minimum atomic E-state index is 0.636. The van der Waals surface area contributed by atoms with Crippen molar-refractivity contribution in [2.45, 2.75) is 58.4 Å². The molecule has 18 heavy (non-hydrogen) atoms. The molecular weight excluding hydrogens is 222 g/mol. The first-order valence-electron chi connectivity index (χ1n) is 7.37. The maximum absolute atomic E-state index is 4.23. The Hall–Kier alpha value is -0.830. The molecule has 1 rings (SSSR count). The third-order valence-corrected chi connectivity index (χ3v) is 4.03. The van der Waals surface area contributed by atoms with Crippen LogP contribution in [0.25, 0.3) is 0 Å². The minimum Gasteiger partial charge on any atom is -0.317 e. The van der Waals surface area contributed by atoms with Gasteiger partial charge in [0, 0.05) is 25.0 Å². The van der Waals surface area contributed by atoms with Gasteiger partial charge in [-0.25, -0.2) is 0 Å². The summed E-state index contributed by atoms with van der Waals surface area (Å²) < 4.78 is 1.99. The van der Waals surface area contributed by atoms with Gasteiger partial charge < -0.3 is 5.32 Å². The summed E-state index contributed by atoms with van der Waals surface area (Å²) in [5.41, 5.74) is 1.33. The van der Waals surface area contributed by atoms with Gasteiger partial charge in [0.25, 0.3) is 0 Å². The first-order chi connectivity index (χ1) is 8.72. The van der Waals surface area contributed by atoms with Crippen LogP contribution in [0.1, 0.15) is 51.6 Å². The Morgan fingerprint density at radius 1 is 1.33 bits per heavy atom. The molecule has 0 aliphatic carbocycles. The fourth-order valence-corrected chi connectivity index (χ4v) is 2.72. The molecule has 1 aromatic rings. The van der Waals surface area contributed by atoms with Crippen molar-refractivity contribution < 1.29 is 0 Å². The van der Waals surface area contributed by atoms with Crippen LogP contribution in [0.5, 0.6) is 0 Å². The maximum Gasteiger partial charge on any atom is 0.0492 e. The topological polar surface area (TPSA) is 29.9 Å². The molecule has 0 saturated carbocycles. The van der Waals surface area contributed by atoms with E-state index in [1.807, 2.05) is 17.9 Å². The van der Waals surface area contributed by atoms with Crippen LogP contribution in [-0.4, -0.2) is 22.9 Å². The van der Waals surface area contributed by atoms with Crippen LogP contribution in [0.15, 0.2) is 12.3 Å². The molecule has 1 aromatic heterocycles. The number of aromatic nitrogens is 2. The Morgan fingerprint density at radius 3 is 2.61 bits per heavy atom. The van der Waals surface area contributed by atoms with Crippen LogP contribution in [0, 0.1) is 5.92 Å². The van der Waals surface area contributed by atoms with Crippen molar-refractivity contribution in [1.29, 1.82) is 0 Å². The molecule has 0 aliphatic heterocycles. The molecule has 0 radical (unpaired) electrons. The molecule has 0 saturated heterocycles. The molecule has 2 atom stereocenters. The summed E-state index contributed by atoms with van der Waals surface area (Å²) >= 11 is 0. The highest BCUT2D eigenvalue weighted by molar-refractivity contribution is 5.00. The maximum atomic E-state index is 4.23. The summed E-state index contributed by atoms with van der Waals surface area (Å²) in [7, 11) is 4.13. The van der Waals surface area contributed by atoms with Gasteiger partial charge >= 0.3 is 0 Å². The van der Waals surface area contributed by atoms with Gasteiger partial charge in [0.1, 0.15) is 0 Å². The summed E-state index contributed by atoms with van der Waals surface area (Å²) in [5.74, 6) is 0.808. The van der Waals surface area contributed by atoms with Crippen molar-refractivity contribution in [2.75, 3.05) is 7.05 Å². The third kappa shape index (κ3) is 4.45. The molecule has 0 spiro atoms. The van der Waals surface area contributed by atoms with E-state index in [-0.39, 0.29) is 0 Å². The highest BCUT2D eigenvalue weighted by Gasteiger charge is 2.18. The second-order valence-electron chi connectivity index (χ2n) is 5.19. The Kier molecular flexibility index (Phi) is 7.02. The van der Waals surface area contributed by atoms with Gasteiger partial charge in [-0.3, -0.25) is 4.68 Å². The first kappa shape index (κ1) is 15.2. The molecule has 104 valence electrons. The van der Waals surface area contributed by atoms with Gasteiger partial charge in [-0.2, -0.15) is 5.10 Å². The molecule has 0 aliphatic rings. The highest BCUT2D eigenvalue weighted by atomic mass is 15.2. The Labute approximate surface area is 112 Å². The molecule has 1 heterocycles. The molecule has 3 nitrogen and oxygen atoms in total. The van der Waals surface area contributed by atoms with E-state index >= 15 is 0 Å². The number of nitrogens with zero attached hydrogens (tertiary/aromatic N) is 2. The van der Waals surface area contributed by atoms with E-state index in [1.54, 1.807) is 0 Å². The van der Waals surface area contributed by atoms with E-state index in [4.69, 9.17) is 0 Å². The summed E-state index contributed by atoms with van der Waals surface area (Å²) in [6.07, 6.45) is 9.48. The highest BCUT2D eigenvalue weighted by Crippen LogP contribution is 2.20. The zero-order chi connectivity index (χ0) is 13.4. The molecule has 2 unspecified atom stereocenters. The first-order valence-corrected chi connectivity index (χ1v) is 7.37. The molecule has 0 bridgehead atoms. The standard InChI is InChI=1S/C15H29N3/c1-5-7-8-13(6-2)15(16-3)10-9-14-11-12-17-18(14)4/h11-13,15-16H,5-10H2,1-4H3. The Morgan fingerprint density at radius 2 is 2.11 bits per heavy atom. The SMILES string of the molecule is CCCCC(CC)C(CCc1ccnn1C)NC. The number of unbranched alkanes of at least 4 members (excludes halogenated alkanes) is 1. The monoisotopic (exact) mass is 251 g/mol. The van der Waals surface area contributed by atoms with Gasteiger partial charge in [-0.05, 0) is 38.3 Å². The van der Waals surface area contributed by atoms with E-state index in [2.05, 4.69) is 37.4 Å². The number of rotatable bonds is 9. The quantitative estimate of drug-likeness (QED) is 0.730. The lowest BCUT2D eigenvalue weighted by molar-refractivity contribution is 0.316. The van der Waals surface area contributed by atoms with Crippen molar-refractivity contribution in [3.05, 3.63) is 18.0 Å². The molecule has 3 heteroatoms. The van der Waals surface area contributed by atoms with Crippen LogP contribution in [0.4, 0.5) is 0 Å². The molecule has 0 aromatic carbocycles. The summed E-state index contributed by atoms with van der Waals surface area (Å²) in [6.45, 7) is 4.59. The van der Waals surface area contributed by atoms with Gasteiger partial charge in [-0.15, -0.1) is 0 Å². The molecule has 0 amide bonds. The molecule has 1 N–H and O–H groups in total. The zero-order valence-electron chi connectivity index (χ0n) is 12.4. The van der Waals surface area contributed by atoms with Crippen LogP contribution in [0.3, 0.4) is 0 Å². The zero-order valence-corrected chi connectivity index (χ0v) is 12.4. The normalized spacial score (nSPS) is 14.7. The number of nitrogens with one attached hydrogen (secondary N) is 1. The van der Waals surface area contributed by atoms with Crippen molar-refractivity contribution in [3.63, 3.8) is 0 Å². The second kappa shape index (κ2) is 8.30. The predicted octanol–water partition coefficient (Wildman–Crippen LogP) is 3.16. The smallest absolute Gasteiger partial charge is 0.0492 e. The Balaban J connectivity index is 2.47. The van der Waals surface area contributed by atoms with E-state index < -0.39 is 0 Å². The summed E-state index contributed by atoms with van der Waals surface area (Å²) in [5, 5.41) is 7.75. The fourth-order valence-electron chi connectivity index (χ4n) is 2.72. The fraction of sp³-hybridized carbons (Fsp3) is 0.800.